The van der Waals surface area contributed by atoms with Crippen molar-refractivity contribution >= 4 is 11.7 Å². The predicted molar refractivity (Wildman–Crippen MR) is 80.0 cm³/mol. The summed E-state index contributed by atoms with van der Waals surface area (Å²) in [6.45, 7) is 2.27. The molecule has 0 heterocycles. The van der Waals surface area contributed by atoms with Gasteiger partial charge in [0.05, 0.1) is 18.0 Å². The van der Waals surface area contributed by atoms with E-state index in [1.54, 1.807) is 36.4 Å². The number of carbonyl (C=O) groups excluding carboxylic acids is 1. The van der Waals surface area contributed by atoms with Crippen LogP contribution >= 0.6 is 0 Å². The summed E-state index contributed by atoms with van der Waals surface area (Å²) in [5.41, 5.74) is 0.212. The van der Waals surface area contributed by atoms with Crippen molar-refractivity contribution < 1.29 is 19.2 Å². The number of carbonyl (C=O) groups is 1. The number of para-hydroxylation sites is 3. The molecule has 0 aliphatic rings. The largest absolute Gasteiger partial charge is 0.490 e. The van der Waals surface area contributed by atoms with Gasteiger partial charge in [-0.15, -0.1) is 0 Å². The van der Waals surface area contributed by atoms with E-state index in [1.807, 2.05) is 6.92 Å². The highest BCUT2D eigenvalue weighted by Gasteiger charge is 2.17. The minimum absolute atomic E-state index is 0.0995. The van der Waals surface area contributed by atoms with Crippen LogP contribution in [0.4, 0.5) is 5.69 Å². The van der Waals surface area contributed by atoms with E-state index in [0.717, 1.165) is 0 Å². The number of hydrogen-bond donors (Lipinski definition) is 0. The van der Waals surface area contributed by atoms with E-state index in [1.165, 1.54) is 12.1 Å². The molecule has 0 N–H and O–H groups in total. The molecule has 0 saturated carbocycles. The third-order valence-electron chi connectivity index (χ3n) is 2.90. The second-order valence-electron chi connectivity index (χ2n) is 4.42. The van der Waals surface area contributed by atoms with Crippen LogP contribution in [0.5, 0.6) is 11.5 Å². The van der Waals surface area contributed by atoms with Crippen LogP contribution in [0.15, 0.2) is 48.5 Å². The van der Waals surface area contributed by atoms with Gasteiger partial charge in [-0.3, -0.25) is 14.9 Å². The maximum absolute atomic E-state index is 12.0. The number of hydrogen-bond acceptors (Lipinski definition) is 5. The fourth-order valence-corrected chi connectivity index (χ4v) is 1.96. The summed E-state index contributed by atoms with van der Waals surface area (Å²) in [5, 5.41) is 10.9. The van der Waals surface area contributed by atoms with E-state index in [9.17, 15) is 14.9 Å². The summed E-state index contributed by atoms with van der Waals surface area (Å²) in [5.74, 6) is 0.176. The molecule has 2 rings (SSSR count). The third-order valence-corrected chi connectivity index (χ3v) is 2.90. The lowest BCUT2D eigenvalue weighted by atomic mass is 10.1. The zero-order chi connectivity index (χ0) is 15.9. The van der Waals surface area contributed by atoms with Crippen molar-refractivity contribution in [2.45, 2.75) is 13.3 Å². The lowest BCUT2D eigenvalue weighted by molar-refractivity contribution is -0.385. The number of ether oxygens (including phenoxy) is 2. The van der Waals surface area contributed by atoms with Gasteiger partial charge in [-0.25, -0.2) is 0 Å². The van der Waals surface area contributed by atoms with Crippen LogP contribution in [0.2, 0.25) is 0 Å². The van der Waals surface area contributed by atoms with Crippen LogP contribution in [0, 0.1) is 10.1 Å². The highest BCUT2D eigenvalue weighted by atomic mass is 16.6. The van der Waals surface area contributed by atoms with E-state index < -0.39 is 10.9 Å². The van der Waals surface area contributed by atoms with Gasteiger partial charge in [-0.1, -0.05) is 30.3 Å². The first-order valence-corrected chi connectivity index (χ1v) is 6.76. The number of rotatable bonds is 6. The molecule has 2 aromatic carbocycles. The van der Waals surface area contributed by atoms with Crippen molar-refractivity contribution in [2.75, 3.05) is 6.61 Å². The molecule has 0 atom stereocenters. The third kappa shape index (κ3) is 3.82. The van der Waals surface area contributed by atoms with Crippen molar-refractivity contribution in [1.82, 2.24) is 0 Å². The van der Waals surface area contributed by atoms with E-state index in [2.05, 4.69) is 0 Å². The lowest BCUT2D eigenvalue weighted by Crippen LogP contribution is -2.13. The molecule has 0 spiro atoms. The van der Waals surface area contributed by atoms with E-state index in [-0.39, 0.29) is 12.1 Å². The molecule has 114 valence electrons. The summed E-state index contributed by atoms with van der Waals surface area (Å²) < 4.78 is 10.6. The van der Waals surface area contributed by atoms with Crippen LogP contribution in [0.25, 0.3) is 0 Å². The Bertz CT molecular complexity index is 684. The van der Waals surface area contributed by atoms with Gasteiger partial charge in [0, 0.05) is 11.6 Å². The van der Waals surface area contributed by atoms with Crippen molar-refractivity contribution in [2.24, 2.45) is 0 Å². The molecule has 0 aliphatic heterocycles. The molecule has 0 aliphatic carbocycles. The maximum atomic E-state index is 12.0. The summed E-state index contributed by atoms with van der Waals surface area (Å²) in [6, 6.07) is 12.9. The van der Waals surface area contributed by atoms with Gasteiger partial charge < -0.3 is 9.47 Å². The second kappa shape index (κ2) is 7.21. The standard InChI is InChI=1S/C16H15NO5/c1-2-21-14-9-5-6-10-15(14)22-16(18)11-12-7-3-4-8-13(12)17(19)20/h3-10H,2,11H2,1H3. The fraction of sp³-hybridized carbons (Fsp3) is 0.188. The fourth-order valence-electron chi connectivity index (χ4n) is 1.96. The van der Waals surface area contributed by atoms with Crippen molar-refractivity contribution in [3.63, 3.8) is 0 Å². The minimum atomic E-state index is -0.582. The predicted octanol–water partition coefficient (Wildman–Crippen LogP) is 3.14. The minimum Gasteiger partial charge on any atom is -0.490 e. The molecule has 0 fully saturated rings. The topological polar surface area (TPSA) is 78.7 Å². The number of nitro groups is 1. The molecule has 0 unspecified atom stereocenters. The Hall–Kier alpha value is -2.89. The van der Waals surface area contributed by atoms with Gasteiger partial charge >= 0.3 is 5.97 Å². The van der Waals surface area contributed by atoms with E-state index in [4.69, 9.17) is 9.47 Å². The quantitative estimate of drug-likeness (QED) is 0.354. The number of nitrogens with zero attached hydrogens (tertiary/aromatic N) is 1. The van der Waals surface area contributed by atoms with E-state index in [0.29, 0.717) is 23.7 Å². The van der Waals surface area contributed by atoms with Crippen LogP contribution in [-0.4, -0.2) is 17.5 Å². The van der Waals surface area contributed by atoms with Gasteiger partial charge in [0.2, 0.25) is 0 Å². The Kier molecular flexibility index (Phi) is 5.08. The summed E-state index contributed by atoms with van der Waals surface area (Å²) >= 11 is 0. The molecule has 2 aromatic rings. The van der Waals surface area contributed by atoms with Crippen LogP contribution < -0.4 is 9.47 Å². The molecular formula is C16H15NO5. The van der Waals surface area contributed by atoms with Crippen molar-refractivity contribution in [1.29, 1.82) is 0 Å². The Morgan fingerprint density at radius 3 is 2.41 bits per heavy atom. The summed E-state index contributed by atoms with van der Waals surface area (Å²) in [7, 11) is 0. The Labute approximate surface area is 127 Å². The van der Waals surface area contributed by atoms with E-state index >= 15 is 0 Å². The summed E-state index contributed by atoms with van der Waals surface area (Å²) in [6.07, 6.45) is -0.183. The van der Waals surface area contributed by atoms with Crippen molar-refractivity contribution in [3.05, 3.63) is 64.2 Å². The van der Waals surface area contributed by atoms with Gasteiger partial charge in [0.25, 0.3) is 5.69 Å². The molecule has 6 heteroatoms. The average Bonchev–Trinajstić information content (AvgIpc) is 2.50. The van der Waals surface area contributed by atoms with Gasteiger partial charge in [0.15, 0.2) is 11.5 Å². The van der Waals surface area contributed by atoms with Crippen LogP contribution in [0.1, 0.15) is 12.5 Å². The molecule has 0 saturated heterocycles. The SMILES string of the molecule is CCOc1ccccc1OC(=O)Cc1ccccc1[N+](=O)[O-]. The second-order valence-corrected chi connectivity index (χ2v) is 4.42. The first-order valence-electron chi connectivity index (χ1n) is 6.76. The normalized spacial score (nSPS) is 10.0. The lowest BCUT2D eigenvalue weighted by Gasteiger charge is -2.10. The maximum Gasteiger partial charge on any atom is 0.316 e. The number of nitro benzene ring substituents is 1. The van der Waals surface area contributed by atoms with Crippen LogP contribution in [-0.2, 0) is 11.2 Å². The number of benzene rings is 2. The average molecular weight is 301 g/mol. The molecule has 0 radical (unpaired) electrons. The molecule has 0 bridgehead atoms. The Balaban J connectivity index is 2.13. The first-order chi connectivity index (χ1) is 10.6. The molecule has 0 amide bonds. The Morgan fingerprint density at radius 1 is 1.09 bits per heavy atom. The van der Waals surface area contributed by atoms with Gasteiger partial charge in [-0.05, 0) is 19.1 Å². The van der Waals surface area contributed by atoms with Gasteiger partial charge in [-0.2, -0.15) is 0 Å². The van der Waals surface area contributed by atoms with Crippen molar-refractivity contribution in [3.8, 4) is 11.5 Å². The molecule has 22 heavy (non-hydrogen) atoms. The zero-order valence-corrected chi connectivity index (χ0v) is 12.0. The zero-order valence-electron chi connectivity index (χ0n) is 12.0. The van der Waals surface area contributed by atoms with Gasteiger partial charge in [0.1, 0.15) is 0 Å². The number of esters is 1. The highest BCUT2D eigenvalue weighted by molar-refractivity contribution is 5.77. The smallest absolute Gasteiger partial charge is 0.316 e. The molecule has 0 aromatic heterocycles. The molecule has 6 nitrogen and oxygen atoms in total. The summed E-state index contributed by atoms with van der Waals surface area (Å²) in [4.78, 5) is 22.4. The molecular weight excluding hydrogens is 286 g/mol. The monoisotopic (exact) mass is 301 g/mol. The van der Waals surface area contributed by atoms with Crippen LogP contribution in [0.3, 0.4) is 0 Å². The first kappa shape index (κ1) is 15.5. The Morgan fingerprint density at radius 2 is 1.73 bits per heavy atom. The highest BCUT2D eigenvalue weighted by Crippen LogP contribution is 2.27.